The molecule has 1 aromatic rings. The fraction of sp³-hybridized carbons (Fsp3) is 0.706. The molecule has 1 N–H and O–H groups in total. The van der Waals surface area contributed by atoms with Gasteiger partial charge in [0.25, 0.3) is 0 Å². The van der Waals surface area contributed by atoms with E-state index in [1.807, 2.05) is 6.07 Å². The Morgan fingerprint density at radius 2 is 1.90 bits per heavy atom. The Balaban J connectivity index is 1.91. The van der Waals surface area contributed by atoms with Crippen molar-refractivity contribution in [3.8, 4) is 0 Å². The van der Waals surface area contributed by atoms with Gasteiger partial charge in [0.1, 0.15) is 4.60 Å². The second kappa shape index (κ2) is 6.46. The molecule has 1 aliphatic rings. The highest BCUT2D eigenvalue weighted by Gasteiger charge is 2.31. The van der Waals surface area contributed by atoms with Crippen LogP contribution in [0.1, 0.15) is 58.6 Å². The first-order chi connectivity index (χ1) is 9.42. The normalized spacial score (nSPS) is 23.6. The van der Waals surface area contributed by atoms with Crippen LogP contribution in [0.3, 0.4) is 0 Å². The minimum atomic E-state index is 0.500. The molecule has 0 aromatic carbocycles. The summed E-state index contributed by atoms with van der Waals surface area (Å²) in [4.78, 5) is 4.46. The van der Waals surface area contributed by atoms with Crippen molar-refractivity contribution in [1.29, 1.82) is 0 Å². The molecule has 0 saturated heterocycles. The van der Waals surface area contributed by atoms with Gasteiger partial charge in [-0.05, 0) is 72.0 Å². The van der Waals surface area contributed by atoms with Crippen LogP contribution in [0.5, 0.6) is 0 Å². The zero-order valence-electron chi connectivity index (χ0n) is 13.2. The van der Waals surface area contributed by atoms with E-state index in [0.717, 1.165) is 16.2 Å². The second-order valence-corrected chi connectivity index (χ2v) is 7.61. The van der Waals surface area contributed by atoms with E-state index in [9.17, 15) is 0 Å². The third kappa shape index (κ3) is 3.75. The number of hydrogen-bond donors (Lipinski definition) is 1. The zero-order valence-corrected chi connectivity index (χ0v) is 14.8. The number of anilines is 1. The Kier molecular flexibility index (Phi) is 5.11. The van der Waals surface area contributed by atoms with Gasteiger partial charge in [0.05, 0.1) is 11.4 Å². The smallest absolute Gasteiger partial charge is 0.106 e. The number of aryl methyl sites for hydroxylation is 1. The van der Waals surface area contributed by atoms with E-state index in [1.54, 1.807) is 0 Å². The van der Waals surface area contributed by atoms with Gasteiger partial charge in [0.15, 0.2) is 0 Å². The quantitative estimate of drug-likeness (QED) is 0.727. The molecular formula is C17H27BrN2. The highest BCUT2D eigenvalue weighted by atomic mass is 79.9. The van der Waals surface area contributed by atoms with Crippen molar-refractivity contribution in [3.63, 3.8) is 0 Å². The molecule has 0 amide bonds. The van der Waals surface area contributed by atoms with Crippen LogP contribution in [0.2, 0.25) is 0 Å². The molecule has 3 heteroatoms. The molecule has 1 saturated carbocycles. The van der Waals surface area contributed by atoms with E-state index < -0.39 is 0 Å². The lowest BCUT2D eigenvalue weighted by Crippen LogP contribution is -2.32. The summed E-state index contributed by atoms with van der Waals surface area (Å²) >= 11 is 3.42. The van der Waals surface area contributed by atoms with Gasteiger partial charge in [-0.25, -0.2) is 4.98 Å². The number of nitrogens with zero attached hydrogens (tertiary/aromatic N) is 1. The Morgan fingerprint density at radius 1 is 1.25 bits per heavy atom. The lowest BCUT2D eigenvalue weighted by Gasteiger charge is -2.39. The molecule has 0 spiro atoms. The van der Waals surface area contributed by atoms with E-state index in [4.69, 9.17) is 0 Å². The first kappa shape index (κ1) is 15.8. The van der Waals surface area contributed by atoms with Crippen LogP contribution in [0.25, 0.3) is 0 Å². The lowest BCUT2D eigenvalue weighted by atomic mass is 9.69. The van der Waals surface area contributed by atoms with E-state index in [-0.39, 0.29) is 0 Å². The van der Waals surface area contributed by atoms with Crippen molar-refractivity contribution in [3.05, 3.63) is 22.4 Å². The minimum Gasteiger partial charge on any atom is -0.381 e. The van der Waals surface area contributed by atoms with Crippen molar-refractivity contribution in [1.82, 2.24) is 4.98 Å². The average molecular weight is 339 g/mol. The van der Waals surface area contributed by atoms with Crippen molar-refractivity contribution < 1.29 is 0 Å². The molecule has 0 unspecified atom stereocenters. The van der Waals surface area contributed by atoms with Crippen LogP contribution < -0.4 is 5.32 Å². The zero-order chi connectivity index (χ0) is 14.8. The standard InChI is InChI=1S/C17H27BrN2/c1-5-17(3,4)13-6-8-14(9-7-13)20-15-10-11-16(18)19-12(15)2/h10-11,13-14,20H,5-9H2,1-4H3. The van der Waals surface area contributed by atoms with Gasteiger partial charge < -0.3 is 5.32 Å². The van der Waals surface area contributed by atoms with Crippen LogP contribution in [0, 0.1) is 18.3 Å². The summed E-state index contributed by atoms with van der Waals surface area (Å²) in [5.74, 6) is 0.884. The first-order valence-electron chi connectivity index (χ1n) is 7.82. The molecule has 0 bridgehead atoms. The lowest BCUT2D eigenvalue weighted by molar-refractivity contribution is 0.147. The average Bonchev–Trinajstić information content (AvgIpc) is 2.42. The van der Waals surface area contributed by atoms with Gasteiger partial charge in [0, 0.05) is 6.04 Å². The third-order valence-corrected chi connectivity index (χ3v) is 5.60. The summed E-state index contributed by atoms with van der Waals surface area (Å²) in [6.07, 6.45) is 6.54. The number of pyridine rings is 1. The van der Waals surface area contributed by atoms with Crippen molar-refractivity contribution >= 4 is 21.6 Å². The predicted octanol–water partition coefficient (Wildman–Crippen LogP) is 5.56. The molecule has 1 fully saturated rings. The van der Waals surface area contributed by atoms with Gasteiger partial charge in [-0.3, -0.25) is 0 Å². The molecule has 1 aromatic heterocycles. The molecule has 112 valence electrons. The fourth-order valence-electron chi connectivity index (χ4n) is 3.21. The Labute approximate surface area is 131 Å². The molecular weight excluding hydrogens is 312 g/mol. The fourth-order valence-corrected chi connectivity index (χ4v) is 3.61. The number of hydrogen-bond acceptors (Lipinski definition) is 2. The summed E-state index contributed by atoms with van der Waals surface area (Å²) in [5.41, 5.74) is 2.77. The monoisotopic (exact) mass is 338 g/mol. The Hall–Kier alpha value is -0.570. The molecule has 0 atom stereocenters. The molecule has 0 aliphatic heterocycles. The molecule has 1 heterocycles. The van der Waals surface area contributed by atoms with E-state index in [2.05, 4.69) is 60.0 Å². The second-order valence-electron chi connectivity index (χ2n) is 6.80. The maximum atomic E-state index is 4.46. The third-order valence-electron chi connectivity index (χ3n) is 5.16. The van der Waals surface area contributed by atoms with Crippen LogP contribution in [-0.4, -0.2) is 11.0 Å². The van der Waals surface area contributed by atoms with Crippen LogP contribution >= 0.6 is 15.9 Å². The minimum absolute atomic E-state index is 0.500. The Bertz CT molecular complexity index is 448. The van der Waals surface area contributed by atoms with E-state index >= 15 is 0 Å². The maximum Gasteiger partial charge on any atom is 0.106 e. The molecule has 2 rings (SSSR count). The van der Waals surface area contributed by atoms with Gasteiger partial charge in [-0.2, -0.15) is 0 Å². The first-order valence-corrected chi connectivity index (χ1v) is 8.61. The molecule has 1 aliphatic carbocycles. The number of aromatic nitrogens is 1. The van der Waals surface area contributed by atoms with Crippen molar-refractivity contribution in [2.24, 2.45) is 11.3 Å². The van der Waals surface area contributed by atoms with Gasteiger partial charge in [0.2, 0.25) is 0 Å². The van der Waals surface area contributed by atoms with E-state index in [1.165, 1.54) is 37.8 Å². The van der Waals surface area contributed by atoms with Crippen molar-refractivity contribution in [2.45, 2.75) is 65.8 Å². The van der Waals surface area contributed by atoms with Crippen LogP contribution in [-0.2, 0) is 0 Å². The predicted molar refractivity (Wildman–Crippen MR) is 90.1 cm³/mol. The van der Waals surface area contributed by atoms with Crippen molar-refractivity contribution in [2.75, 3.05) is 5.32 Å². The van der Waals surface area contributed by atoms with E-state index in [0.29, 0.717) is 11.5 Å². The van der Waals surface area contributed by atoms with Crippen LogP contribution in [0.15, 0.2) is 16.7 Å². The summed E-state index contributed by atoms with van der Waals surface area (Å²) in [6.45, 7) is 9.24. The SMILES string of the molecule is CCC(C)(C)C1CCC(Nc2ccc(Br)nc2C)CC1. The Morgan fingerprint density at radius 3 is 2.45 bits per heavy atom. The number of nitrogens with one attached hydrogen (secondary N) is 1. The van der Waals surface area contributed by atoms with Crippen LogP contribution in [0.4, 0.5) is 5.69 Å². The number of halogens is 1. The highest BCUT2D eigenvalue weighted by Crippen LogP contribution is 2.41. The summed E-state index contributed by atoms with van der Waals surface area (Å²) in [6, 6.07) is 4.76. The summed E-state index contributed by atoms with van der Waals surface area (Å²) < 4.78 is 0.911. The maximum absolute atomic E-state index is 4.46. The number of rotatable bonds is 4. The molecule has 20 heavy (non-hydrogen) atoms. The highest BCUT2D eigenvalue weighted by molar-refractivity contribution is 9.10. The summed E-state index contributed by atoms with van der Waals surface area (Å²) in [5, 5.41) is 3.68. The van der Waals surface area contributed by atoms with Gasteiger partial charge in [-0.15, -0.1) is 0 Å². The topological polar surface area (TPSA) is 24.9 Å². The summed E-state index contributed by atoms with van der Waals surface area (Å²) in [7, 11) is 0. The largest absolute Gasteiger partial charge is 0.381 e. The van der Waals surface area contributed by atoms with Gasteiger partial charge >= 0.3 is 0 Å². The molecule has 2 nitrogen and oxygen atoms in total. The molecule has 0 radical (unpaired) electrons. The van der Waals surface area contributed by atoms with Gasteiger partial charge in [-0.1, -0.05) is 27.2 Å².